The third-order valence-electron chi connectivity index (χ3n) is 3.72. The van der Waals surface area contributed by atoms with Crippen LogP contribution in [0.25, 0.3) is 5.52 Å². The van der Waals surface area contributed by atoms with Crippen LogP contribution >= 0.6 is 0 Å². The summed E-state index contributed by atoms with van der Waals surface area (Å²) in [6.45, 7) is -2.82. The fraction of sp³-hybridized carbons (Fsp3) is 0.235. The largest absolute Gasteiger partial charge is 0.432 e. The van der Waals surface area contributed by atoms with Crippen LogP contribution in [-0.2, 0) is 17.9 Å². The molecule has 3 rings (SSSR count). The van der Waals surface area contributed by atoms with E-state index in [9.17, 15) is 18.0 Å². The van der Waals surface area contributed by atoms with Gasteiger partial charge in [0.1, 0.15) is 0 Å². The molecule has 0 spiro atoms. The molecule has 0 atom stereocenters. The molecule has 3 aromatic rings. The maximum atomic E-state index is 13.8. The molecule has 1 N–H and O–H groups in total. The number of rotatable bonds is 7. The number of hydrogen-bond donors (Lipinski definition) is 1. The lowest BCUT2D eigenvalue weighted by molar-refractivity contribution is -0.0521. The van der Waals surface area contributed by atoms with Crippen molar-refractivity contribution >= 4 is 11.4 Å². The first-order valence-electron chi connectivity index (χ1n) is 7.83. The molecule has 0 aliphatic heterocycles. The van der Waals surface area contributed by atoms with E-state index in [4.69, 9.17) is 4.74 Å². The Morgan fingerprint density at radius 2 is 2.15 bits per heavy atom. The van der Waals surface area contributed by atoms with Gasteiger partial charge in [-0.2, -0.15) is 23.6 Å². The van der Waals surface area contributed by atoms with E-state index in [0.29, 0.717) is 16.8 Å². The van der Waals surface area contributed by atoms with E-state index >= 15 is 0 Å². The number of aromatic nitrogens is 3. The molecule has 0 radical (unpaired) electrons. The fourth-order valence-corrected chi connectivity index (χ4v) is 2.54. The minimum absolute atomic E-state index is 0.0305. The minimum atomic E-state index is -3.15. The molecule has 142 valence electrons. The maximum absolute atomic E-state index is 13.8. The summed E-state index contributed by atoms with van der Waals surface area (Å²) in [5.41, 5.74) is 1.97. The number of halogens is 3. The first-order valence-corrected chi connectivity index (χ1v) is 7.83. The lowest BCUT2D eigenvalue weighted by Crippen LogP contribution is -2.23. The average Bonchev–Trinajstić information content (AvgIpc) is 2.98. The Hall–Kier alpha value is -3.14. The van der Waals surface area contributed by atoms with Gasteiger partial charge in [-0.3, -0.25) is 4.79 Å². The number of fused-ring (bicyclic) bond motifs is 1. The van der Waals surface area contributed by atoms with E-state index in [1.165, 1.54) is 17.8 Å². The van der Waals surface area contributed by atoms with E-state index in [-0.39, 0.29) is 18.7 Å². The Morgan fingerprint density at radius 1 is 1.33 bits per heavy atom. The number of nitrogens with one attached hydrogen (secondary N) is 1. The van der Waals surface area contributed by atoms with Crippen molar-refractivity contribution < 1.29 is 27.4 Å². The highest BCUT2D eigenvalue weighted by molar-refractivity contribution is 5.94. The molecule has 2 heterocycles. The third kappa shape index (κ3) is 4.17. The van der Waals surface area contributed by atoms with Gasteiger partial charge in [-0.1, -0.05) is 0 Å². The highest BCUT2D eigenvalue weighted by Gasteiger charge is 2.16. The second-order valence-electron chi connectivity index (χ2n) is 5.46. The molecule has 2 aromatic heterocycles. The molecule has 27 heavy (non-hydrogen) atoms. The number of hydrogen-bond acceptors (Lipinski definition) is 5. The number of carbonyl (C=O) groups excluding carboxylic acids is 1. The van der Waals surface area contributed by atoms with Crippen LogP contribution in [0.4, 0.5) is 13.2 Å². The van der Waals surface area contributed by atoms with Crippen molar-refractivity contribution in [1.29, 1.82) is 0 Å². The zero-order valence-corrected chi connectivity index (χ0v) is 14.2. The maximum Gasteiger partial charge on any atom is 0.387 e. The summed E-state index contributed by atoms with van der Waals surface area (Å²) in [4.78, 5) is 12.3. The first-order chi connectivity index (χ1) is 13.0. The summed E-state index contributed by atoms with van der Waals surface area (Å²) in [5.74, 6) is -2.26. The molecule has 0 fully saturated rings. The van der Waals surface area contributed by atoms with E-state index < -0.39 is 24.1 Å². The van der Waals surface area contributed by atoms with Gasteiger partial charge in [0.2, 0.25) is 0 Å². The molecule has 1 amide bonds. The molecule has 0 saturated carbocycles. The van der Waals surface area contributed by atoms with Crippen molar-refractivity contribution in [3.8, 4) is 5.75 Å². The zero-order valence-electron chi connectivity index (χ0n) is 14.2. The van der Waals surface area contributed by atoms with Gasteiger partial charge in [0, 0.05) is 31.0 Å². The van der Waals surface area contributed by atoms with Crippen LogP contribution in [0.5, 0.6) is 5.75 Å². The standard InChI is InChI=1S/C17H15F3N4O3/c1-26-9-13-11(14-3-2-6-22-24(14)23-13)8-21-16(25)10-4-5-15(12(18)7-10)27-17(19)20/h2-7,17H,8-9H2,1H3,(H,21,25). The average molecular weight is 380 g/mol. The molecule has 0 saturated heterocycles. The van der Waals surface area contributed by atoms with Crippen LogP contribution in [0.15, 0.2) is 36.5 Å². The van der Waals surface area contributed by atoms with E-state index in [2.05, 4.69) is 20.3 Å². The van der Waals surface area contributed by atoms with Crippen molar-refractivity contribution in [1.82, 2.24) is 20.1 Å². The van der Waals surface area contributed by atoms with Gasteiger partial charge < -0.3 is 14.8 Å². The normalized spacial score (nSPS) is 11.1. The van der Waals surface area contributed by atoms with Crippen LogP contribution < -0.4 is 10.1 Å². The summed E-state index contributed by atoms with van der Waals surface area (Å²) in [6.07, 6.45) is 1.57. The van der Waals surface area contributed by atoms with Crippen molar-refractivity contribution in [2.24, 2.45) is 0 Å². The molecule has 0 unspecified atom stereocenters. The second kappa shape index (κ2) is 8.04. The van der Waals surface area contributed by atoms with E-state index in [0.717, 1.165) is 12.1 Å². The Morgan fingerprint density at radius 3 is 2.85 bits per heavy atom. The number of ether oxygens (including phenoxy) is 2. The number of benzene rings is 1. The Labute approximate surface area is 151 Å². The number of carbonyl (C=O) groups is 1. The lowest BCUT2D eigenvalue weighted by Gasteiger charge is -2.09. The quantitative estimate of drug-likeness (QED) is 0.682. The predicted octanol–water partition coefficient (Wildman–Crippen LogP) is 2.55. The summed E-state index contributed by atoms with van der Waals surface area (Å²) < 4.78 is 48.7. The SMILES string of the molecule is COCc1nn2ncccc2c1CNC(=O)c1ccc(OC(F)F)c(F)c1. The van der Waals surface area contributed by atoms with Crippen LogP contribution in [0.1, 0.15) is 21.6 Å². The van der Waals surface area contributed by atoms with Crippen molar-refractivity contribution in [3.63, 3.8) is 0 Å². The van der Waals surface area contributed by atoms with E-state index in [1.807, 2.05) is 0 Å². The van der Waals surface area contributed by atoms with E-state index in [1.54, 1.807) is 18.3 Å². The van der Waals surface area contributed by atoms with Gasteiger partial charge in [0.25, 0.3) is 5.91 Å². The Bertz CT molecular complexity index is 962. The van der Waals surface area contributed by atoms with Crippen molar-refractivity contribution in [2.75, 3.05) is 7.11 Å². The molecule has 0 aliphatic rings. The minimum Gasteiger partial charge on any atom is -0.432 e. The topological polar surface area (TPSA) is 77.8 Å². The second-order valence-corrected chi connectivity index (χ2v) is 5.46. The fourth-order valence-electron chi connectivity index (χ4n) is 2.54. The highest BCUT2D eigenvalue weighted by Crippen LogP contribution is 2.21. The molecular formula is C17H15F3N4O3. The van der Waals surface area contributed by atoms with Crippen molar-refractivity contribution in [3.05, 3.63) is 59.2 Å². The van der Waals surface area contributed by atoms with Crippen LogP contribution in [0, 0.1) is 5.82 Å². The third-order valence-corrected chi connectivity index (χ3v) is 3.72. The molecule has 0 bridgehead atoms. The Kier molecular flexibility index (Phi) is 5.55. The number of alkyl halides is 2. The van der Waals surface area contributed by atoms with Gasteiger partial charge in [0.15, 0.2) is 11.6 Å². The van der Waals surface area contributed by atoms with Crippen LogP contribution in [-0.4, -0.2) is 34.5 Å². The molecule has 0 aliphatic carbocycles. The molecular weight excluding hydrogens is 365 g/mol. The van der Waals surface area contributed by atoms with Crippen LogP contribution in [0.3, 0.4) is 0 Å². The van der Waals surface area contributed by atoms with Gasteiger partial charge in [-0.05, 0) is 30.3 Å². The molecule has 7 nitrogen and oxygen atoms in total. The zero-order chi connectivity index (χ0) is 19.4. The van der Waals surface area contributed by atoms with Gasteiger partial charge in [-0.15, -0.1) is 0 Å². The molecule has 1 aromatic carbocycles. The smallest absolute Gasteiger partial charge is 0.387 e. The van der Waals surface area contributed by atoms with Gasteiger partial charge >= 0.3 is 6.61 Å². The summed E-state index contributed by atoms with van der Waals surface area (Å²) >= 11 is 0. The van der Waals surface area contributed by atoms with Crippen LogP contribution in [0.2, 0.25) is 0 Å². The molecule has 10 heteroatoms. The monoisotopic (exact) mass is 380 g/mol. The summed E-state index contributed by atoms with van der Waals surface area (Å²) in [7, 11) is 1.52. The Balaban J connectivity index is 1.77. The summed E-state index contributed by atoms with van der Waals surface area (Å²) in [6, 6.07) is 6.53. The predicted molar refractivity (Wildman–Crippen MR) is 87.9 cm³/mol. The van der Waals surface area contributed by atoms with Gasteiger partial charge in [-0.25, -0.2) is 4.39 Å². The number of methoxy groups -OCH3 is 1. The van der Waals surface area contributed by atoms with Gasteiger partial charge in [0.05, 0.1) is 17.8 Å². The number of amides is 1. The highest BCUT2D eigenvalue weighted by atomic mass is 19.3. The number of nitrogens with zero attached hydrogens (tertiary/aromatic N) is 3. The summed E-state index contributed by atoms with van der Waals surface area (Å²) in [5, 5.41) is 11.0. The lowest BCUT2D eigenvalue weighted by atomic mass is 10.1. The van der Waals surface area contributed by atoms with Crippen molar-refractivity contribution in [2.45, 2.75) is 19.8 Å². The first kappa shape index (κ1) is 18.6.